The molecular formula is C39H36F2N2O2. The first kappa shape index (κ1) is 29.2. The molecule has 1 heterocycles. The minimum atomic E-state index is -2.93. The van der Waals surface area contributed by atoms with E-state index in [4.69, 9.17) is 0 Å². The van der Waals surface area contributed by atoms with Gasteiger partial charge in [0.25, 0.3) is 11.8 Å². The Morgan fingerprint density at radius 2 is 1.49 bits per heavy atom. The number of fused-ring (bicyclic) bond motifs is 1. The quantitative estimate of drug-likeness (QED) is 0.198. The van der Waals surface area contributed by atoms with Crippen molar-refractivity contribution in [3.05, 3.63) is 130 Å². The van der Waals surface area contributed by atoms with Gasteiger partial charge in [-0.25, -0.2) is 8.78 Å². The van der Waals surface area contributed by atoms with E-state index < -0.39 is 23.9 Å². The second kappa shape index (κ2) is 11.1. The van der Waals surface area contributed by atoms with E-state index in [0.29, 0.717) is 25.0 Å². The van der Waals surface area contributed by atoms with Crippen LogP contribution in [0.1, 0.15) is 48.4 Å². The first-order chi connectivity index (χ1) is 21.6. The highest BCUT2D eigenvalue weighted by Crippen LogP contribution is 2.51. The Morgan fingerprint density at radius 1 is 0.822 bits per heavy atom. The fraction of sp³-hybridized carbons (Fsp3) is 0.256. The summed E-state index contributed by atoms with van der Waals surface area (Å²) in [6, 6.07) is 29.0. The summed E-state index contributed by atoms with van der Waals surface area (Å²) in [4.78, 5) is 13.6. The van der Waals surface area contributed by atoms with Crippen molar-refractivity contribution in [1.82, 2.24) is 5.32 Å². The normalized spacial score (nSPS) is 19.5. The number of hydrogen-bond acceptors (Lipinski definition) is 3. The molecule has 2 fully saturated rings. The number of aryl methyl sites for hydroxylation is 2. The average molecular weight is 603 g/mol. The van der Waals surface area contributed by atoms with Gasteiger partial charge in [0.1, 0.15) is 0 Å². The van der Waals surface area contributed by atoms with Gasteiger partial charge in [-0.15, -0.1) is 0 Å². The van der Waals surface area contributed by atoms with Crippen molar-refractivity contribution >= 4 is 17.3 Å². The number of aliphatic hydroxyl groups is 1. The van der Waals surface area contributed by atoms with E-state index in [1.807, 2.05) is 18.2 Å². The second-order valence-corrected chi connectivity index (χ2v) is 12.7. The topological polar surface area (TPSA) is 61.4 Å². The Bertz CT molecular complexity index is 1870. The van der Waals surface area contributed by atoms with Gasteiger partial charge in [0.2, 0.25) is 0 Å². The maximum Gasteiger partial charge on any atom is 0.276 e. The van der Waals surface area contributed by atoms with Crippen molar-refractivity contribution in [1.29, 1.82) is 0 Å². The lowest BCUT2D eigenvalue weighted by molar-refractivity contribution is -0.114. The van der Waals surface area contributed by atoms with Crippen LogP contribution in [0.5, 0.6) is 0 Å². The predicted molar refractivity (Wildman–Crippen MR) is 175 cm³/mol. The van der Waals surface area contributed by atoms with Crippen LogP contribution in [-0.4, -0.2) is 17.1 Å². The summed E-state index contributed by atoms with van der Waals surface area (Å²) in [6.45, 7) is 6.03. The van der Waals surface area contributed by atoms with E-state index in [2.05, 4.69) is 73.0 Å². The minimum Gasteiger partial charge on any atom is -0.387 e. The third-order valence-corrected chi connectivity index (χ3v) is 9.38. The van der Waals surface area contributed by atoms with Gasteiger partial charge in [-0.05, 0) is 115 Å². The van der Waals surface area contributed by atoms with Gasteiger partial charge in [-0.2, -0.15) is 0 Å². The summed E-state index contributed by atoms with van der Waals surface area (Å²) in [6.07, 6.45) is 0.654. The van der Waals surface area contributed by atoms with Gasteiger partial charge in [-0.1, -0.05) is 60.7 Å². The van der Waals surface area contributed by atoms with Gasteiger partial charge in [0, 0.05) is 34.5 Å². The molecule has 6 heteroatoms. The Kier molecular flexibility index (Phi) is 7.20. The zero-order chi connectivity index (χ0) is 31.5. The smallest absolute Gasteiger partial charge is 0.276 e. The number of carbonyl (C=O) groups is 1. The van der Waals surface area contributed by atoms with Crippen molar-refractivity contribution in [2.45, 2.75) is 52.1 Å². The van der Waals surface area contributed by atoms with Gasteiger partial charge in [-0.3, -0.25) is 4.79 Å². The van der Waals surface area contributed by atoms with Crippen LogP contribution in [0.3, 0.4) is 0 Å². The van der Waals surface area contributed by atoms with E-state index in [1.54, 1.807) is 13.0 Å². The van der Waals surface area contributed by atoms with E-state index >= 15 is 0 Å². The molecule has 7 rings (SSSR count). The third-order valence-electron chi connectivity index (χ3n) is 9.38. The molecule has 1 aliphatic heterocycles. The molecule has 2 aliphatic carbocycles. The summed E-state index contributed by atoms with van der Waals surface area (Å²) in [7, 11) is 0. The summed E-state index contributed by atoms with van der Waals surface area (Å²) in [5, 5.41) is 17.7. The number of alkyl halides is 2. The third kappa shape index (κ3) is 5.48. The van der Waals surface area contributed by atoms with Crippen molar-refractivity contribution in [3.63, 3.8) is 0 Å². The number of anilines is 1. The van der Waals surface area contributed by atoms with Crippen LogP contribution >= 0.6 is 0 Å². The molecule has 4 aromatic rings. The first-order valence-corrected chi connectivity index (χ1v) is 15.6. The monoisotopic (exact) mass is 602 g/mol. The maximum absolute atomic E-state index is 14.8. The highest BCUT2D eigenvalue weighted by Gasteiger charge is 2.48. The highest BCUT2D eigenvalue weighted by molar-refractivity contribution is 6.05. The van der Waals surface area contributed by atoms with E-state index in [-0.39, 0.29) is 22.7 Å². The first-order valence-electron chi connectivity index (χ1n) is 15.6. The summed E-state index contributed by atoms with van der Waals surface area (Å²) < 4.78 is 29.6. The molecule has 3 N–H and O–H groups in total. The highest BCUT2D eigenvalue weighted by atomic mass is 19.3. The molecule has 45 heavy (non-hydrogen) atoms. The molecule has 4 aromatic carbocycles. The van der Waals surface area contributed by atoms with Gasteiger partial charge in [0.15, 0.2) is 0 Å². The SMILES string of the molecule is CC1=C(C(=O)Nc2cccc(C(F)(F)C3CC3)c2)C(O)C2CC2=C(c2cc(-c3ccccc3)cc(-c3c(C)cccc3C)c2)N1. The van der Waals surface area contributed by atoms with Gasteiger partial charge >= 0.3 is 0 Å². The largest absolute Gasteiger partial charge is 0.387 e. The van der Waals surface area contributed by atoms with Crippen LogP contribution in [0.25, 0.3) is 28.0 Å². The minimum absolute atomic E-state index is 0.0977. The molecular weight excluding hydrogens is 566 g/mol. The average Bonchev–Trinajstić information content (AvgIpc) is 3.94. The van der Waals surface area contributed by atoms with Crippen LogP contribution in [0.15, 0.2) is 108 Å². The van der Waals surface area contributed by atoms with E-state index in [0.717, 1.165) is 33.5 Å². The molecule has 1 amide bonds. The number of nitrogens with one attached hydrogen (secondary N) is 2. The molecule has 0 aromatic heterocycles. The van der Waals surface area contributed by atoms with E-state index in [1.165, 1.54) is 34.9 Å². The molecule has 2 atom stereocenters. The molecule has 0 bridgehead atoms. The Labute approximate surface area is 262 Å². The lowest BCUT2D eigenvalue weighted by Gasteiger charge is -2.20. The summed E-state index contributed by atoms with van der Waals surface area (Å²) in [5.41, 5.74) is 10.7. The number of hydrogen-bond donors (Lipinski definition) is 3. The van der Waals surface area contributed by atoms with Crippen LogP contribution < -0.4 is 10.6 Å². The number of allylic oxidation sites excluding steroid dienone is 1. The van der Waals surface area contributed by atoms with Gasteiger partial charge < -0.3 is 15.7 Å². The van der Waals surface area contributed by atoms with Crippen LogP contribution in [0.2, 0.25) is 0 Å². The number of halogens is 2. The number of carbonyl (C=O) groups excluding carboxylic acids is 1. The molecule has 2 saturated carbocycles. The lowest BCUT2D eigenvalue weighted by Crippen LogP contribution is -2.28. The molecule has 0 saturated heterocycles. The summed E-state index contributed by atoms with van der Waals surface area (Å²) >= 11 is 0. The van der Waals surface area contributed by atoms with Crippen molar-refractivity contribution < 1.29 is 18.7 Å². The molecule has 0 spiro atoms. The zero-order valence-electron chi connectivity index (χ0n) is 25.6. The van der Waals surface area contributed by atoms with Crippen LogP contribution in [-0.2, 0) is 10.7 Å². The van der Waals surface area contributed by atoms with Crippen molar-refractivity contribution in [2.24, 2.45) is 11.8 Å². The fourth-order valence-electron chi connectivity index (χ4n) is 6.76. The number of rotatable bonds is 7. The van der Waals surface area contributed by atoms with Gasteiger partial charge in [0.05, 0.1) is 11.7 Å². The maximum atomic E-state index is 14.8. The number of benzene rings is 4. The lowest BCUT2D eigenvalue weighted by atomic mass is 9.90. The van der Waals surface area contributed by atoms with Crippen LogP contribution in [0, 0.1) is 25.7 Å². The summed E-state index contributed by atoms with van der Waals surface area (Å²) in [5.74, 6) is -4.28. The Hall–Kier alpha value is -4.55. The predicted octanol–water partition coefficient (Wildman–Crippen LogP) is 8.75. The standard InChI is InChI=1S/C39H36F2N2O2/c1-22-9-7-10-23(2)34(22)27-17-26(25-11-5-4-6-12-25)18-28(19-27)36-32-21-33(32)37(44)35(24(3)42-36)38(45)43-31-14-8-13-30(20-31)39(40,41)29-15-16-29/h4-14,17-20,29,33,37,42,44H,15-16,21H2,1-3H3,(H,43,45). The van der Waals surface area contributed by atoms with E-state index in [9.17, 15) is 18.7 Å². The molecule has 3 aliphatic rings. The molecule has 228 valence electrons. The van der Waals surface area contributed by atoms with Crippen LogP contribution in [0.4, 0.5) is 14.5 Å². The zero-order valence-corrected chi connectivity index (χ0v) is 25.6. The Balaban J connectivity index is 1.25. The molecule has 2 unspecified atom stereocenters. The Morgan fingerprint density at radius 3 is 2.20 bits per heavy atom. The fourth-order valence-corrected chi connectivity index (χ4v) is 6.76. The second-order valence-electron chi connectivity index (χ2n) is 12.7. The number of aliphatic hydroxyl groups excluding tert-OH is 1. The molecule has 0 radical (unpaired) electrons. The molecule has 4 nitrogen and oxygen atoms in total. The number of amides is 1. The van der Waals surface area contributed by atoms with Crippen molar-refractivity contribution in [2.75, 3.05) is 5.32 Å². The van der Waals surface area contributed by atoms with Crippen molar-refractivity contribution in [3.8, 4) is 22.3 Å².